The predicted molar refractivity (Wildman–Crippen MR) is 96.4 cm³/mol. The van der Waals surface area contributed by atoms with Gasteiger partial charge in [-0.2, -0.15) is 0 Å². The Morgan fingerprint density at radius 3 is 2.27 bits per heavy atom. The Balaban J connectivity index is 1.54. The molecule has 0 saturated carbocycles. The van der Waals surface area contributed by atoms with E-state index in [4.69, 9.17) is 5.73 Å². The van der Waals surface area contributed by atoms with Crippen LogP contribution >= 0.6 is 0 Å². The van der Waals surface area contributed by atoms with Crippen LogP contribution in [0.3, 0.4) is 0 Å². The number of carbonyl (C=O) groups excluding carboxylic acids is 3. The number of benzene rings is 1. The number of carbonyl (C=O) groups is 3. The number of aromatic nitrogens is 1. The molecule has 3 rings (SSSR count). The molecule has 1 aromatic heterocycles. The molecule has 1 aliphatic rings. The average Bonchev–Trinajstić information content (AvgIpc) is 2.68. The van der Waals surface area contributed by atoms with Crippen LogP contribution in [-0.2, 0) is 9.59 Å². The number of imide groups is 1. The van der Waals surface area contributed by atoms with E-state index in [1.165, 1.54) is 17.0 Å². The zero-order chi connectivity index (χ0) is 18.5. The Hall–Kier alpha value is -3.42. The van der Waals surface area contributed by atoms with Crippen molar-refractivity contribution in [2.45, 2.75) is 0 Å². The summed E-state index contributed by atoms with van der Waals surface area (Å²) in [7, 11) is 0. The van der Waals surface area contributed by atoms with Gasteiger partial charge in [0.25, 0.3) is 5.91 Å². The first-order valence-corrected chi connectivity index (χ1v) is 8.21. The highest BCUT2D eigenvalue weighted by atomic mass is 16.2. The second-order valence-corrected chi connectivity index (χ2v) is 5.87. The SMILES string of the molecule is Nc1ccc(C(=O)NC(=O)C(=O)N2CCN(c3ccccn3)CC2)cc1. The average molecular weight is 353 g/mol. The molecule has 2 heterocycles. The number of nitrogens with zero attached hydrogens (tertiary/aromatic N) is 3. The van der Waals surface area contributed by atoms with Crippen LogP contribution in [-0.4, -0.2) is 53.8 Å². The highest BCUT2D eigenvalue weighted by Gasteiger charge is 2.27. The molecule has 0 spiro atoms. The summed E-state index contributed by atoms with van der Waals surface area (Å²) in [5.74, 6) is -1.44. The summed E-state index contributed by atoms with van der Waals surface area (Å²) < 4.78 is 0. The molecular formula is C18H19N5O3. The molecule has 0 radical (unpaired) electrons. The molecule has 1 saturated heterocycles. The lowest BCUT2D eigenvalue weighted by molar-refractivity contribution is -0.145. The number of anilines is 2. The molecule has 3 amide bonds. The molecule has 2 aromatic rings. The number of nitrogen functional groups attached to an aromatic ring is 1. The van der Waals surface area contributed by atoms with Crippen LogP contribution in [0.25, 0.3) is 0 Å². The number of hydrogen-bond acceptors (Lipinski definition) is 6. The number of pyridine rings is 1. The van der Waals surface area contributed by atoms with Gasteiger partial charge in [0, 0.05) is 43.6 Å². The Morgan fingerprint density at radius 1 is 0.962 bits per heavy atom. The van der Waals surface area contributed by atoms with Crippen molar-refractivity contribution in [2.75, 3.05) is 36.8 Å². The maximum Gasteiger partial charge on any atom is 0.316 e. The lowest BCUT2D eigenvalue weighted by atomic mass is 10.2. The van der Waals surface area contributed by atoms with Crippen LogP contribution in [0.15, 0.2) is 48.7 Å². The van der Waals surface area contributed by atoms with Crippen LogP contribution in [0.5, 0.6) is 0 Å². The summed E-state index contributed by atoms with van der Waals surface area (Å²) in [5.41, 5.74) is 6.33. The fourth-order valence-corrected chi connectivity index (χ4v) is 2.69. The number of nitrogens with one attached hydrogen (secondary N) is 1. The van der Waals surface area contributed by atoms with E-state index in [-0.39, 0.29) is 5.56 Å². The van der Waals surface area contributed by atoms with E-state index in [0.717, 1.165) is 5.82 Å². The van der Waals surface area contributed by atoms with Gasteiger partial charge in [0.15, 0.2) is 0 Å². The summed E-state index contributed by atoms with van der Waals surface area (Å²) in [5, 5.41) is 2.12. The topological polar surface area (TPSA) is 109 Å². The van der Waals surface area contributed by atoms with E-state index >= 15 is 0 Å². The second kappa shape index (κ2) is 7.64. The Labute approximate surface area is 150 Å². The van der Waals surface area contributed by atoms with E-state index in [9.17, 15) is 14.4 Å². The summed E-state index contributed by atoms with van der Waals surface area (Å²) in [4.78, 5) is 44.1. The Bertz CT molecular complexity index is 799. The van der Waals surface area contributed by atoms with Crippen molar-refractivity contribution in [3.05, 3.63) is 54.2 Å². The minimum Gasteiger partial charge on any atom is -0.399 e. The molecule has 0 unspecified atom stereocenters. The van der Waals surface area contributed by atoms with Crippen LogP contribution < -0.4 is 16.0 Å². The van der Waals surface area contributed by atoms with Gasteiger partial charge in [0.2, 0.25) is 0 Å². The number of nitrogens with two attached hydrogens (primary N) is 1. The van der Waals surface area contributed by atoms with Crippen molar-refractivity contribution < 1.29 is 14.4 Å². The van der Waals surface area contributed by atoms with Crippen molar-refractivity contribution in [1.82, 2.24) is 15.2 Å². The third-order valence-corrected chi connectivity index (χ3v) is 4.13. The molecule has 8 nitrogen and oxygen atoms in total. The lowest BCUT2D eigenvalue weighted by Gasteiger charge is -2.34. The molecular weight excluding hydrogens is 334 g/mol. The minimum absolute atomic E-state index is 0.264. The zero-order valence-electron chi connectivity index (χ0n) is 14.1. The van der Waals surface area contributed by atoms with Gasteiger partial charge in [-0.15, -0.1) is 0 Å². The van der Waals surface area contributed by atoms with E-state index in [0.29, 0.717) is 31.9 Å². The van der Waals surface area contributed by atoms with Crippen LogP contribution in [0.2, 0.25) is 0 Å². The van der Waals surface area contributed by atoms with E-state index in [1.54, 1.807) is 18.3 Å². The van der Waals surface area contributed by atoms with Gasteiger partial charge >= 0.3 is 11.8 Å². The van der Waals surface area contributed by atoms with Crippen LogP contribution in [0.4, 0.5) is 11.5 Å². The summed E-state index contributed by atoms with van der Waals surface area (Å²) >= 11 is 0. The molecule has 26 heavy (non-hydrogen) atoms. The summed E-state index contributed by atoms with van der Waals surface area (Å²) in [6, 6.07) is 11.7. The second-order valence-electron chi connectivity index (χ2n) is 5.87. The van der Waals surface area contributed by atoms with Gasteiger partial charge in [-0.1, -0.05) is 6.07 Å². The number of piperazine rings is 1. The Morgan fingerprint density at radius 2 is 1.65 bits per heavy atom. The van der Waals surface area contributed by atoms with Gasteiger partial charge in [-0.25, -0.2) is 4.98 Å². The molecule has 0 atom stereocenters. The maximum absolute atomic E-state index is 12.3. The van der Waals surface area contributed by atoms with E-state index in [1.807, 2.05) is 23.1 Å². The third kappa shape index (κ3) is 3.97. The monoisotopic (exact) mass is 353 g/mol. The molecule has 3 N–H and O–H groups in total. The first-order valence-electron chi connectivity index (χ1n) is 8.21. The normalized spacial score (nSPS) is 14.0. The van der Waals surface area contributed by atoms with Crippen LogP contribution in [0, 0.1) is 0 Å². The van der Waals surface area contributed by atoms with Gasteiger partial charge in [0.1, 0.15) is 5.82 Å². The first kappa shape index (κ1) is 17.4. The smallest absolute Gasteiger partial charge is 0.316 e. The molecule has 1 aromatic carbocycles. The van der Waals surface area contributed by atoms with Gasteiger partial charge in [0.05, 0.1) is 0 Å². The zero-order valence-corrected chi connectivity index (χ0v) is 14.1. The van der Waals surface area contributed by atoms with Gasteiger partial charge in [-0.05, 0) is 36.4 Å². The fourth-order valence-electron chi connectivity index (χ4n) is 2.69. The standard InChI is InChI=1S/C18H19N5O3/c19-14-6-4-13(5-7-14)16(24)21-17(25)18(26)23-11-9-22(10-12-23)15-3-1-2-8-20-15/h1-8H,9-12,19H2,(H,21,24,25). The maximum atomic E-state index is 12.3. The first-order chi connectivity index (χ1) is 12.5. The van der Waals surface area contributed by atoms with Gasteiger partial charge in [-0.3, -0.25) is 19.7 Å². The molecule has 1 fully saturated rings. The van der Waals surface area contributed by atoms with Crippen molar-refractivity contribution in [3.63, 3.8) is 0 Å². The molecule has 0 bridgehead atoms. The highest BCUT2D eigenvalue weighted by Crippen LogP contribution is 2.12. The number of amides is 3. The molecule has 8 heteroatoms. The third-order valence-electron chi connectivity index (χ3n) is 4.13. The quantitative estimate of drug-likeness (QED) is 0.593. The number of rotatable bonds is 2. The van der Waals surface area contributed by atoms with Gasteiger partial charge < -0.3 is 15.5 Å². The van der Waals surface area contributed by atoms with Crippen molar-refractivity contribution in [1.29, 1.82) is 0 Å². The predicted octanol–water partition coefficient (Wildman–Crippen LogP) is 0.269. The fraction of sp³-hybridized carbons (Fsp3) is 0.222. The van der Waals surface area contributed by atoms with Crippen LogP contribution in [0.1, 0.15) is 10.4 Å². The molecule has 1 aliphatic heterocycles. The lowest BCUT2D eigenvalue weighted by Crippen LogP contribution is -2.53. The highest BCUT2D eigenvalue weighted by molar-refractivity contribution is 6.38. The Kier molecular flexibility index (Phi) is 5.12. The van der Waals surface area contributed by atoms with E-state index < -0.39 is 17.7 Å². The molecule has 134 valence electrons. The summed E-state index contributed by atoms with van der Waals surface area (Å²) in [6.45, 7) is 1.92. The minimum atomic E-state index is -0.932. The van der Waals surface area contributed by atoms with Crippen molar-refractivity contribution in [2.24, 2.45) is 0 Å². The van der Waals surface area contributed by atoms with Crippen molar-refractivity contribution >= 4 is 29.2 Å². The van der Waals surface area contributed by atoms with E-state index in [2.05, 4.69) is 10.3 Å². The van der Waals surface area contributed by atoms with Crippen molar-refractivity contribution in [3.8, 4) is 0 Å². The molecule has 0 aliphatic carbocycles. The number of hydrogen-bond donors (Lipinski definition) is 2. The summed E-state index contributed by atoms with van der Waals surface area (Å²) in [6.07, 6.45) is 1.71. The largest absolute Gasteiger partial charge is 0.399 e.